The van der Waals surface area contributed by atoms with E-state index in [1.165, 1.54) is 4.90 Å². The molecule has 4 heteroatoms. The predicted octanol–water partition coefficient (Wildman–Crippen LogP) is 2.23. The van der Waals surface area contributed by atoms with Crippen molar-refractivity contribution in [2.24, 2.45) is 5.73 Å². The topological polar surface area (TPSA) is 63.4 Å². The number of carbonyl (C=O) groups is 2. The average molecular weight is 274 g/mol. The SMILES string of the molecule is Cc1cc(C)cc(C(N)CN2C(=O)CCCCC2=O)c1. The highest BCUT2D eigenvalue weighted by Crippen LogP contribution is 2.19. The number of benzene rings is 1. The smallest absolute Gasteiger partial charge is 0.229 e. The second-order valence-corrected chi connectivity index (χ2v) is 5.63. The first-order chi connectivity index (χ1) is 9.47. The van der Waals surface area contributed by atoms with Crippen molar-refractivity contribution < 1.29 is 9.59 Å². The number of imide groups is 1. The molecule has 1 saturated heterocycles. The Morgan fingerprint density at radius 3 is 2.05 bits per heavy atom. The van der Waals surface area contributed by atoms with Crippen molar-refractivity contribution in [3.05, 3.63) is 34.9 Å². The highest BCUT2D eigenvalue weighted by Gasteiger charge is 2.26. The number of likely N-dealkylation sites (tertiary alicyclic amines) is 1. The molecule has 108 valence electrons. The molecule has 0 aliphatic carbocycles. The van der Waals surface area contributed by atoms with Crippen molar-refractivity contribution >= 4 is 11.8 Å². The fourth-order valence-electron chi connectivity index (χ4n) is 2.69. The van der Waals surface area contributed by atoms with E-state index in [-0.39, 0.29) is 24.4 Å². The molecule has 2 rings (SSSR count). The highest BCUT2D eigenvalue weighted by atomic mass is 16.2. The molecular formula is C16H22N2O2. The quantitative estimate of drug-likeness (QED) is 0.860. The van der Waals surface area contributed by atoms with Crippen LogP contribution in [-0.2, 0) is 9.59 Å². The van der Waals surface area contributed by atoms with Gasteiger partial charge in [0.1, 0.15) is 0 Å². The van der Waals surface area contributed by atoms with Gasteiger partial charge in [0, 0.05) is 25.4 Å². The molecule has 1 aliphatic heterocycles. The van der Waals surface area contributed by atoms with Crippen molar-refractivity contribution in [2.75, 3.05) is 6.54 Å². The van der Waals surface area contributed by atoms with Crippen LogP contribution in [0.3, 0.4) is 0 Å². The molecule has 2 N–H and O–H groups in total. The number of rotatable bonds is 3. The summed E-state index contributed by atoms with van der Waals surface area (Å²) >= 11 is 0. The molecule has 0 aromatic heterocycles. The second-order valence-electron chi connectivity index (χ2n) is 5.63. The van der Waals surface area contributed by atoms with Gasteiger partial charge in [-0.25, -0.2) is 0 Å². The second kappa shape index (κ2) is 6.18. The van der Waals surface area contributed by atoms with Crippen LogP contribution in [0.25, 0.3) is 0 Å². The molecule has 0 spiro atoms. The Morgan fingerprint density at radius 2 is 1.55 bits per heavy atom. The zero-order valence-electron chi connectivity index (χ0n) is 12.2. The summed E-state index contributed by atoms with van der Waals surface area (Å²) in [4.78, 5) is 25.3. The zero-order valence-corrected chi connectivity index (χ0v) is 12.2. The van der Waals surface area contributed by atoms with E-state index in [0.29, 0.717) is 12.8 Å². The summed E-state index contributed by atoms with van der Waals surface area (Å²) in [5, 5.41) is 0. The molecule has 1 aromatic rings. The lowest BCUT2D eigenvalue weighted by molar-refractivity contribution is -0.144. The predicted molar refractivity (Wildman–Crippen MR) is 78.0 cm³/mol. The first-order valence-corrected chi connectivity index (χ1v) is 7.14. The van der Waals surface area contributed by atoms with E-state index in [2.05, 4.69) is 6.07 Å². The maximum atomic E-state index is 12.0. The normalized spacial score (nSPS) is 18.1. The average Bonchev–Trinajstić information content (AvgIpc) is 2.52. The van der Waals surface area contributed by atoms with E-state index >= 15 is 0 Å². The number of hydrogen-bond donors (Lipinski definition) is 1. The van der Waals surface area contributed by atoms with Gasteiger partial charge in [-0.15, -0.1) is 0 Å². The minimum atomic E-state index is -0.320. The monoisotopic (exact) mass is 274 g/mol. The van der Waals surface area contributed by atoms with E-state index in [4.69, 9.17) is 5.73 Å². The van der Waals surface area contributed by atoms with Crippen LogP contribution < -0.4 is 5.73 Å². The van der Waals surface area contributed by atoms with Crippen molar-refractivity contribution in [1.29, 1.82) is 0 Å². The molecule has 0 saturated carbocycles. The van der Waals surface area contributed by atoms with Gasteiger partial charge in [0.25, 0.3) is 0 Å². The van der Waals surface area contributed by atoms with Crippen LogP contribution in [0.1, 0.15) is 48.4 Å². The van der Waals surface area contributed by atoms with Gasteiger partial charge in [0.2, 0.25) is 11.8 Å². The third-order valence-corrected chi connectivity index (χ3v) is 3.68. The summed E-state index contributed by atoms with van der Waals surface area (Å²) in [6, 6.07) is 5.80. The number of aryl methyl sites for hydroxylation is 2. The van der Waals surface area contributed by atoms with E-state index in [1.807, 2.05) is 26.0 Å². The molecule has 0 bridgehead atoms. The van der Waals surface area contributed by atoms with Crippen molar-refractivity contribution in [1.82, 2.24) is 4.90 Å². The van der Waals surface area contributed by atoms with Crippen LogP contribution in [0.2, 0.25) is 0 Å². The highest BCUT2D eigenvalue weighted by molar-refractivity contribution is 5.96. The fraction of sp³-hybridized carbons (Fsp3) is 0.500. The van der Waals surface area contributed by atoms with Crippen LogP contribution in [0, 0.1) is 13.8 Å². The lowest BCUT2D eigenvalue weighted by atomic mass is 10.0. The van der Waals surface area contributed by atoms with Crippen molar-refractivity contribution in [2.45, 2.75) is 45.6 Å². The molecule has 1 unspecified atom stereocenters. The van der Waals surface area contributed by atoms with Gasteiger partial charge in [0.05, 0.1) is 0 Å². The van der Waals surface area contributed by atoms with Gasteiger partial charge < -0.3 is 5.73 Å². The van der Waals surface area contributed by atoms with Gasteiger partial charge in [-0.1, -0.05) is 29.3 Å². The molecule has 1 aliphatic rings. The Bertz CT molecular complexity index is 487. The summed E-state index contributed by atoms with van der Waals surface area (Å²) in [5.74, 6) is -0.181. The van der Waals surface area contributed by atoms with Crippen LogP contribution in [0.15, 0.2) is 18.2 Å². The fourth-order valence-corrected chi connectivity index (χ4v) is 2.69. The summed E-state index contributed by atoms with van der Waals surface area (Å²) in [5.41, 5.74) is 9.46. The number of nitrogens with zero attached hydrogens (tertiary/aromatic N) is 1. The maximum absolute atomic E-state index is 12.0. The first-order valence-electron chi connectivity index (χ1n) is 7.14. The largest absolute Gasteiger partial charge is 0.322 e. The molecule has 0 radical (unpaired) electrons. The van der Waals surface area contributed by atoms with Gasteiger partial charge in [-0.05, 0) is 32.3 Å². The van der Waals surface area contributed by atoms with Crippen molar-refractivity contribution in [3.8, 4) is 0 Å². The molecule has 20 heavy (non-hydrogen) atoms. The third-order valence-electron chi connectivity index (χ3n) is 3.68. The molecule has 1 heterocycles. The van der Waals surface area contributed by atoms with Crippen LogP contribution in [0.4, 0.5) is 0 Å². The van der Waals surface area contributed by atoms with Gasteiger partial charge >= 0.3 is 0 Å². The molecule has 1 atom stereocenters. The van der Waals surface area contributed by atoms with Gasteiger partial charge in [-0.3, -0.25) is 14.5 Å². The lowest BCUT2D eigenvalue weighted by Gasteiger charge is -2.23. The standard InChI is InChI=1S/C16H22N2O2/c1-11-7-12(2)9-13(8-11)14(17)10-18-15(19)5-3-4-6-16(18)20/h7-9,14H,3-6,10,17H2,1-2H3. The minimum absolute atomic E-state index is 0.0904. The minimum Gasteiger partial charge on any atom is -0.322 e. The summed E-state index contributed by atoms with van der Waals surface area (Å²) < 4.78 is 0. The number of carbonyl (C=O) groups excluding carboxylic acids is 2. The Hall–Kier alpha value is -1.68. The van der Waals surface area contributed by atoms with E-state index in [9.17, 15) is 9.59 Å². The van der Waals surface area contributed by atoms with Gasteiger partial charge in [-0.2, -0.15) is 0 Å². The third kappa shape index (κ3) is 3.45. The van der Waals surface area contributed by atoms with E-state index < -0.39 is 0 Å². The summed E-state index contributed by atoms with van der Waals surface area (Å²) in [6.45, 7) is 4.32. The Labute approximate surface area is 119 Å². The first kappa shape index (κ1) is 14.7. The van der Waals surface area contributed by atoms with Crippen LogP contribution in [-0.4, -0.2) is 23.3 Å². The number of amides is 2. The maximum Gasteiger partial charge on any atom is 0.229 e. The number of nitrogens with two attached hydrogens (primary N) is 1. The summed E-state index contributed by atoms with van der Waals surface area (Å²) in [7, 11) is 0. The molecular weight excluding hydrogens is 252 g/mol. The van der Waals surface area contributed by atoms with Gasteiger partial charge in [0.15, 0.2) is 0 Å². The zero-order chi connectivity index (χ0) is 14.7. The Balaban J connectivity index is 2.14. The van der Waals surface area contributed by atoms with Crippen molar-refractivity contribution in [3.63, 3.8) is 0 Å². The molecule has 4 nitrogen and oxygen atoms in total. The number of hydrogen-bond acceptors (Lipinski definition) is 3. The summed E-state index contributed by atoms with van der Waals surface area (Å²) in [6.07, 6.45) is 2.48. The van der Waals surface area contributed by atoms with E-state index in [1.54, 1.807) is 0 Å². The molecule has 1 fully saturated rings. The molecule has 2 amide bonds. The Kier molecular flexibility index (Phi) is 4.55. The van der Waals surface area contributed by atoms with E-state index in [0.717, 1.165) is 29.5 Å². The van der Waals surface area contributed by atoms with Crippen LogP contribution in [0.5, 0.6) is 0 Å². The lowest BCUT2D eigenvalue weighted by Crippen LogP contribution is -2.40. The van der Waals surface area contributed by atoms with Crippen LogP contribution >= 0.6 is 0 Å². The molecule has 1 aromatic carbocycles. The Morgan fingerprint density at radius 1 is 1.05 bits per heavy atom.